The summed E-state index contributed by atoms with van der Waals surface area (Å²) in [6.45, 7) is 2.00. The number of anilines is 1. The lowest BCUT2D eigenvalue weighted by Crippen LogP contribution is -2.17. The Hall–Kier alpha value is -3.35. The molecule has 0 saturated heterocycles. The molecule has 2 aromatic carbocycles. The third-order valence-electron chi connectivity index (χ3n) is 3.98. The minimum Gasteiger partial charge on any atom is -0.493 e. The number of methoxy groups -OCH3 is 2. The molecule has 0 radical (unpaired) electrons. The molecule has 7 heteroatoms. The molecule has 0 aliphatic heterocycles. The largest absolute Gasteiger partial charge is 0.493 e. The van der Waals surface area contributed by atoms with Gasteiger partial charge in [0, 0.05) is 5.56 Å². The minimum absolute atomic E-state index is 0.0612. The molecule has 0 saturated carbocycles. The van der Waals surface area contributed by atoms with Crippen LogP contribution >= 0.6 is 0 Å². The fourth-order valence-electron chi connectivity index (χ4n) is 2.57. The topological polar surface area (TPSA) is 92.3 Å². The molecule has 0 amide bonds. The van der Waals surface area contributed by atoms with Gasteiger partial charge >= 0.3 is 0 Å². The van der Waals surface area contributed by atoms with Crippen LogP contribution in [0.25, 0.3) is 11.4 Å². The van der Waals surface area contributed by atoms with Gasteiger partial charge in [-0.3, -0.25) is 4.79 Å². The highest BCUT2D eigenvalue weighted by molar-refractivity contribution is 5.83. The summed E-state index contributed by atoms with van der Waals surface area (Å²) in [7, 11) is 3.11. The van der Waals surface area contributed by atoms with Gasteiger partial charge in [0.15, 0.2) is 17.3 Å². The van der Waals surface area contributed by atoms with E-state index in [0.717, 1.165) is 21.4 Å². The number of hydrogen-bond acceptors (Lipinski definition) is 6. The molecule has 1 heterocycles. The number of ether oxygens (including phenoxy) is 2. The highest BCUT2D eigenvalue weighted by atomic mass is 16.5. The summed E-state index contributed by atoms with van der Waals surface area (Å²) in [5, 5.41) is 4.26. The van der Waals surface area contributed by atoms with E-state index < -0.39 is 0 Å². The molecule has 0 aliphatic carbocycles. The monoisotopic (exact) mass is 352 g/mol. The van der Waals surface area contributed by atoms with Crippen LogP contribution in [0.2, 0.25) is 0 Å². The molecule has 0 atom stereocenters. The van der Waals surface area contributed by atoms with E-state index >= 15 is 0 Å². The van der Waals surface area contributed by atoms with Crippen molar-refractivity contribution in [2.45, 2.75) is 13.3 Å². The number of rotatable bonds is 5. The number of benzene rings is 2. The maximum atomic E-state index is 12.6. The molecule has 0 unspecified atom stereocenters. The zero-order valence-corrected chi connectivity index (χ0v) is 14.9. The van der Waals surface area contributed by atoms with Gasteiger partial charge in [-0.25, -0.2) is 0 Å². The number of carbonyl (C=O) groups excluding carboxylic acids is 1. The second kappa shape index (κ2) is 7.26. The zero-order valence-electron chi connectivity index (χ0n) is 14.9. The quantitative estimate of drug-likeness (QED) is 0.759. The number of nitrogen functional groups attached to an aromatic ring is 1. The van der Waals surface area contributed by atoms with Gasteiger partial charge in [-0.1, -0.05) is 35.9 Å². The minimum atomic E-state index is -0.277. The van der Waals surface area contributed by atoms with Gasteiger partial charge in [0.05, 0.1) is 20.6 Å². The predicted octanol–water partition coefficient (Wildman–Crippen LogP) is 2.74. The molecular weight excluding hydrogens is 332 g/mol. The van der Waals surface area contributed by atoms with E-state index in [4.69, 9.17) is 15.2 Å². The van der Waals surface area contributed by atoms with Crippen molar-refractivity contribution in [2.24, 2.45) is 0 Å². The molecule has 26 heavy (non-hydrogen) atoms. The van der Waals surface area contributed by atoms with E-state index in [1.165, 1.54) is 0 Å². The van der Waals surface area contributed by atoms with Crippen molar-refractivity contribution in [1.29, 1.82) is 0 Å². The van der Waals surface area contributed by atoms with Crippen molar-refractivity contribution in [3.8, 4) is 22.9 Å². The number of aryl methyl sites for hydroxylation is 1. The first kappa shape index (κ1) is 17.5. The summed E-state index contributed by atoms with van der Waals surface area (Å²) in [5.41, 5.74) is 8.59. The molecule has 2 N–H and O–H groups in total. The summed E-state index contributed by atoms with van der Waals surface area (Å²) in [4.78, 5) is 16.8. The molecule has 7 nitrogen and oxygen atoms in total. The second-order valence-electron chi connectivity index (χ2n) is 5.83. The standard InChI is InChI=1S/C19H20N4O3/c1-12-4-7-14(8-5-12)18-21-19(20)23(22-18)17(24)11-13-6-9-15(25-2)16(10-13)26-3/h4-10H,11H2,1-3H3,(H2,20,21,22). The molecule has 1 aromatic heterocycles. The fourth-order valence-corrected chi connectivity index (χ4v) is 2.57. The van der Waals surface area contributed by atoms with Crippen LogP contribution in [-0.4, -0.2) is 34.9 Å². The average Bonchev–Trinajstić information content (AvgIpc) is 3.04. The summed E-state index contributed by atoms with van der Waals surface area (Å²) < 4.78 is 11.6. The van der Waals surface area contributed by atoms with Crippen LogP contribution in [0.5, 0.6) is 11.5 Å². The van der Waals surface area contributed by atoms with Gasteiger partial charge in [0.2, 0.25) is 5.95 Å². The Morgan fingerprint density at radius 2 is 1.77 bits per heavy atom. The lowest BCUT2D eigenvalue weighted by molar-refractivity contribution is 0.0901. The summed E-state index contributed by atoms with van der Waals surface area (Å²) >= 11 is 0. The molecule has 0 spiro atoms. The molecule has 0 aliphatic rings. The maximum Gasteiger partial charge on any atom is 0.254 e. The Morgan fingerprint density at radius 1 is 1.08 bits per heavy atom. The lowest BCUT2D eigenvalue weighted by Gasteiger charge is -2.09. The van der Waals surface area contributed by atoms with Gasteiger partial charge in [-0.15, -0.1) is 5.10 Å². The van der Waals surface area contributed by atoms with Crippen molar-refractivity contribution >= 4 is 11.9 Å². The third-order valence-corrected chi connectivity index (χ3v) is 3.98. The number of nitrogens with two attached hydrogens (primary N) is 1. The Labute approximate surface area is 151 Å². The molecule has 0 bridgehead atoms. The molecular formula is C19H20N4O3. The van der Waals surface area contributed by atoms with Crippen molar-refractivity contribution in [2.75, 3.05) is 20.0 Å². The van der Waals surface area contributed by atoms with Gasteiger partial charge in [0.25, 0.3) is 5.91 Å². The van der Waals surface area contributed by atoms with E-state index in [1.54, 1.807) is 32.4 Å². The van der Waals surface area contributed by atoms with Crippen molar-refractivity contribution in [3.63, 3.8) is 0 Å². The number of carbonyl (C=O) groups is 1. The first-order chi connectivity index (χ1) is 12.5. The SMILES string of the molecule is COc1ccc(CC(=O)n2nc(-c3ccc(C)cc3)nc2N)cc1OC. The normalized spacial score (nSPS) is 10.6. The Balaban J connectivity index is 1.83. The predicted molar refractivity (Wildman–Crippen MR) is 98.5 cm³/mol. The number of hydrogen-bond donors (Lipinski definition) is 1. The van der Waals surface area contributed by atoms with Crippen LogP contribution in [-0.2, 0) is 6.42 Å². The molecule has 0 fully saturated rings. The average molecular weight is 352 g/mol. The Morgan fingerprint density at radius 3 is 2.42 bits per heavy atom. The summed E-state index contributed by atoms with van der Waals surface area (Å²) in [5.74, 6) is 1.37. The van der Waals surface area contributed by atoms with Gasteiger partial charge in [-0.05, 0) is 24.6 Å². The molecule has 134 valence electrons. The van der Waals surface area contributed by atoms with E-state index in [2.05, 4.69) is 10.1 Å². The van der Waals surface area contributed by atoms with Gasteiger partial charge in [0.1, 0.15) is 0 Å². The van der Waals surface area contributed by atoms with E-state index in [0.29, 0.717) is 17.3 Å². The van der Waals surface area contributed by atoms with E-state index in [-0.39, 0.29) is 18.3 Å². The first-order valence-electron chi connectivity index (χ1n) is 8.05. The highest BCUT2D eigenvalue weighted by Crippen LogP contribution is 2.28. The van der Waals surface area contributed by atoms with Gasteiger partial charge in [-0.2, -0.15) is 9.67 Å². The smallest absolute Gasteiger partial charge is 0.254 e. The summed E-state index contributed by atoms with van der Waals surface area (Å²) in [6, 6.07) is 13.0. The van der Waals surface area contributed by atoms with Gasteiger partial charge < -0.3 is 15.2 Å². The van der Waals surface area contributed by atoms with Crippen LogP contribution < -0.4 is 15.2 Å². The first-order valence-corrected chi connectivity index (χ1v) is 8.05. The van der Waals surface area contributed by atoms with Crippen LogP contribution in [0.1, 0.15) is 15.9 Å². The van der Waals surface area contributed by atoms with Crippen LogP contribution in [0.15, 0.2) is 42.5 Å². The maximum absolute atomic E-state index is 12.6. The Bertz CT molecular complexity index is 932. The van der Waals surface area contributed by atoms with Crippen LogP contribution in [0.4, 0.5) is 5.95 Å². The molecule has 3 aromatic rings. The number of nitrogens with zero attached hydrogens (tertiary/aromatic N) is 3. The highest BCUT2D eigenvalue weighted by Gasteiger charge is 2.16. The van der Waals surface area contributed by atoms with Crippen molar-refractivity contribution in [3.05, 3.63) is 53.6 Å². The molecule has 3 rings (SSSR count). The lowest BCUT2D eigenvalue weighted by atomic mass is 10.1. The van der Waals surface area contributed by atoms with E-state index in [9.17, 15) is 4.79 Å². The van der Waals surface area contributed by atoms with Crippen molar-refractivity contribution in [1.82, 2.24) is 14.8 Å². The summed E-state index contributed by atoms with van der Waals surface area (Å²) in [6.07, 6.45) is 0.112. The van der Waals surface area contributed by atoms with Crippen LogP contribution in [0.3, 0.4) is 0 Å². The van der Waals surface area contributed by atoms with Crippen LogP contribution in [0, 0.1) is 6.92 Å². The Kier molecular flexibility index (Phi) is 4.88. The fraction of sp³-hybridized carbons (Fsp3) is 0.211. The van der Waals surface area contributed by atoms with Crippen molar-refractivity contribution < 1.29 is 14.3 Å². The second-order valence-corrected chi connectivity index (χ2v) is 5.83. The van der Waals surface area contributed by atoms with E-state index in [1.807, 2.05) is 31.2 Å². The third kappa shape index (κ3) is 3.51. The number of aromatic nitrogens is 3. The zero-order chi connectivity index (χ0) is 18.7.